The molecule has 2 aromatic rings. The molecule has 0 saturated carbocycles. The number of aliphatic carboxylic acids is 2. The zero-order chi connectivity index (χ0) is 58.4. The Morgan fingerprint density at radius 3 is 1.81 bits per heavy atom. The number of carbonyl (C=O) groups is 11. The molecule has 6 rings (SSSR count). The number of rotatable bonds is 27. The summed E-state index contributed by atoms with van der Waals surface area (Å²) in [5, 5.41) is 30.7. The van der Waals surface area contributed by atoms with E-state index in [-0.39, 0.29) is 103 Å². The monoisotopic (exact) mass is 1120 g/mol. The van der Waals surface area contributed by atoms with Crippen molar-refractivity contribution in [2.45, 2.75) is 171 Å². The molecule has 27 heteroatoms. The maximum Gasteiger partial charge on any atom is 0.326 e. The van der Waals surface area contributed by atoms with Gasteiger partial charge in [0.05, 0.1) is 6.04 Å². The van der Waals surface area contributed by atoms with Gasteiger partial charge in [0.25, 0.3) is 0 Å². The second kappa shape index (κ2) is 28.3. The van der Waals surface area contributed by atoms with Crippen molar-refractivity contribution in [3.05, 3.63) is 36.0 Å². The maximum atomic E-state index is 14.8. The number of carboxylic acid groups (broad SMARTS) is 2. The molecule has 4 fully saturated rings. The Morgan fingerprint density at radius 1 is 0.662 bits per heavy atom. The third-order valence-corrected chi connectivity index (χ3v) is 15.7. The Bertz CT molecular complexity index is 2660. The average molecular weight is 1120 g/mol. The summed E-state index contributed by atoms with van der Waals surface area (Å²) < 4.78 is 0. The molecule has 0 radical (unpaired) electrons. The number of primary amides is 1. The van der Waals surface area contributed by atoms with Gasteiger partial charge < -0.3 is 79.0 Å². The summed E-state index contributed by atoms with van der Waals surface area (Å²) in [6.45, 7) is 4.21. The van der Waals surface area contributed by atoms with Gasteiger partial charge in [-0.15, -0.1) is 0 Å². The first-order valence-corrected chi connectivity index (χ1v) is 27.6. The van der Waals surface area contributed by atoms with E-state index in [4.69, 9.17) is 22.9 Å². The van der Waals surface area contributed by atoms with E-state index in [1.54, 1.807) is 20.0 Å². The lowest BCUT2D eigenvalue weighted by Gasteiger charge is -2.34. The first kappa shape index (κ1) is 61.4. The van der Waals surface area contributed by atoms with E-state index in [0.717, 1.165) is 10.9 Å². The molecule has 438 valence electrons. The molecular weight excluding hydrogens is 1040 g/mol. The minimum absolute atomic E-state index is 0.0172. The molecule has 9 amide bonds. The van der Waals surface area contributed by atoms with Crippen molar-refractivity contribution < 1.29 is 63.0 Å². The summed E-state index contributed by atoms with van der Waals surface area (Å²) in [6, 6.07) is -3.33. The van der Waals surface area contributed by atoms with Crippen LogP contribution in [-0.2, 0) is 59.2 Å². The van der Waals surface area contributed by atoms with Crippen molar-refractivity contribution >= 4 is 82.0 Å². The summed E-state index contributed by atoms with van der Waals surface area (Å²) in [4.78, 5) is 162. The molecule has 4 saturated heterocycles. The molecule has 4 aliphatic rings. The van der Waals surface area contributed by atoms with Gasteiger partial charge in [-0.25, -0.2) is 4.79 Å². The van der Waals surface area contributed by atoms with E-state index in [1.165, 1.54) is 19.6 Å². The van der Waals surface area contributed by atoms with Crippen molar-refractivity contribution in [2.24, 2.45) is 33.8 Å². The number of H-pyrrole nitrogens is 1. The number of nitrogens with two attached hydrogens (primary N) is 4. The van der Waals surface area contributed by atoms with E-state index in [0.29, 0.717) is 44.1 Å². The fraction of sp³-hybridized carbons (Fsp3) is 0.623. The molecule has 0 aliphatic carbocycles. The van der Waals surface area contributed by atoms with E-state index in [1.807, 2.05) is 24.3 Å². The summed E-state index contributed by atoms with van der Waals surface area (Å²) in [6.07, 6.45) is 3.65. The molecule has 27 nitrogen and oxygen atoms in total. The van der Waals surface area contributed by atoms with Crippen LogP contribution in [0.15, 0.2) is 35.5 Å². The molecule has 4 aliphatic heterocycles. The van der Waals surface area contributed by atoms with Crippen LogP contribution in [0.2, 0.25) is 0 Å². The van der Waals surface area contributed by atoms with Crippen molar-refractivity contribution in [3.63, 3.8) is 0 Å². The summed E-state index contributed by atoms with van der Waals surface area (Å²) in [5.41, 5.74) is 24.2. The van der Waals surface area contributed by atoms with Crippen LogP contribution in [-0.4, -0.2) is 193 Å². The molecule has 0 bridgehead atoms. The van der Waals surface area contributed by atoms with Gasteiger partial charge in [-0.05, 0) is 94.6 Å². The van der Waals surface area contributed by atoms with Crippen LogP contribution >= 0.6 is 0 Å². The lowest BCUT2D eigenvalue weighted by Crippen LogP contribution is -2.60. The number of nitrogens with one attached hydrogen (secondary N) is 5. The quantitative estimate of drug-likeness (QED) is 0.0269. The number of benzene rings is 1. The number of para-hydroxylation sites is 1. The van der Waals surface area contributed by atoms with Crippen molar-refractivity contribution in [1.29, 1.82) is 0 Å². The van der Waals surface area contributed by atoms with E-state index in [9.17, 15) is 63.0 Å². The normalized spacial score (nSPS) is 21.2. The molecule has 80 heavy (non-hydrogen) atoms. The number of aromatic nitrogens is 1. The number of nitrogens with zero attached hydrogens (tertiary/aromatic N) is 5. The maximum absolute atomic E-state index is 14.8. The molecule has 0 spiro atoms. The standard InChI is InChI=1S/C53H78N14O13/c1-3-29(2)43(51(78)66-25-9-16-39(66)50(77)67-26-10-17-40(67)52(79)80)63-45(72)34(19-20-41(55)68)60-46(73)37-14-7-23-64(37)48(75)35(13-6-22-58-53(56)57)61-47(74)38-15-8-24-65(38)49(76)36(62-44(71)32(54)18-21-42(69)70)27-30-28-59-33-12-5-4-11-31(30)33/h4-5,11-12,28-29,32,34-40,43,59H,3,6-10,13-27,54H2,1-2H3,(H2,55,68)(H,60,73)(H,61,74)(H,62,71)(H,63,72)(H,69,70)(H,79,80)(H4,56,57,58). The highest BCUT2D eigenvalue weighted by molar-refractivity contribution is 5.99. The highest BCUT2D eigenvalue weighted by Crippen LogP contribution is 2.28. The van der Waals surface area contributed by atoms with Gasteiger partial charge >= 0.3 is 11.9 Å². The third kappa shape index (κ3) is 15.5. The van der Waals surface area contributed by atoms with Crippen LogP contribution < -0.4 is 44.2 Å². The lowest BCUT2D eigenvalue weighted by atomic mass is 9.96. The number of guanidine groups is 1. The Morgan fingerprint density at radius 2 is 1.23 bits per heavy atom. The van der Waals surface area contributed by atoms with Crippen LogP contribution in [0.5, 0.6) is 0 Å². The molecule has 1 aromatic heterocycles. The van der Waals surface area contributed by atoms with E-state index >= 15 is 0 Å². The summed E-state index contributed by atoms with van der Waals surface area (Å²) in [7, 11) is 0. The smallest absolute Gasteiger partial charge is 0.326 e. The minimum Gasteiger partial charge on any atom is -0.481 e. The average Bonchev–Trinajstić information content (AvgIpc) is 4.32. The Kier molecular flexibility index (Phi) is 21.7. The van der Waals surface area contributed by atoms with E-state index in [2.05, 4.69) is 31.2 Å². The molecule has 10 atom stereocenters. The number of hydrogen-bond donors (Lipinski definition) is 11. The Labute approximate surface area is 463 Å². The van der Waals surface area contributed by atoms with Gasteiger partial charge in [-0.3, -0.25) is 52.9 Å². The van der Waals surface area contributed by atoms with Crippen molar-refractivity contribution in [3.8, 4) is 0 Å². The highest BCUT2D eigenvalue weighted by atomic mass is 16.4. The molecule has 15 N–H and O–H groups in total. The van der Waals surface area contributed by atoms with Crippen LogP contribution in [0.4, 0.5) is 0 Å². The molecular formula is C53H78N14O13. The first-order chi connectivity index (χ1) is 38.1. The number of carbonyl (C=O) groups excluding carboxylic acids is 9. The first-order valence-electron chi connectivity index (χ1n) is 27.6. The predicted octanol–water partition coefficient (Wildman–Crippen LogP) is -1.74. The molecule has 10 unspecified atom stereocenters. The van der Waals surface area contributed by atoms with Crippen LogP contribution in [0.1, 0.15) is 116 Å². The van der Waals surface area contributed by atoms with Gasteiger partial charge in [0, 0.05) is 69.1 Å². The van der Waals surface area contributed by atoms with E-state index < -0.39 is 125 Å². The Balaban J connectivity index is 1.18. The van der Waals surface area contributed by atoms with Gasteiger partial charge in [-0.1, -0.05) is 38.5 Å². The predicted molar refractivity (Wildman–Crippen MR) is 289 cm³/mol. The number of fused-ring (bicyclic) bond motifs is 1. The zero-order valence-corrected chi connectivity index (χ0v) is 45.4. The molecule has 1 aromatic carbocycles. The number of likely N-dealkylation sites (tertiary alicyclic amines) is 4. The fourth-order valence-corrected chi connectivity index (χ4v) is 11.1. The number of amides is 9. The van der Waals surface area contributed by atoms with Gasteiger partial charge in [0.2, 0.25) is 53.2 Å². The molecule has 5 heterocycles. The zero-order valence-electron chi connectivity index (χ0n) is 45.4. The topological polar surface area (TPSA) is 422 Å². The SMILES string of the molecule is CCC(C)C(NC(=O)C(CCC(N)=O)NC(=O)C1CCCN1C(=O)C(CCCN=C(N)N)NC(=O)C1CCCN1C(=O)C(Cc1c[nH]c2ccccc12)NC(=O)C(N)CCC(=O)O)C(=O)N1CCCC1C(=O)N1CCCC1C(=O)O. The van der Waals surface area contributed by atoms with Crippen LogP contribution in [0.25, 0.3) is 10.9 Å². The number of aliphatic imine (C=N–C) groups is 1. The summed E-state index contributed by atoms with van der Waals surface area (Å²) in [5.74, 6) is -9.12. The van der Waals surface area contributed by atoms with Crippen molar-refractivity contribution in [2.75, 3.05) is 32.7 Å². The second-order valence-electron chi connectivity index (χ2n) is 21.2. The van der Waals surface area contributed by atoms with Crippen LogP contribution in [0.3, 0.4) is 0 Å². The third-order valence-electron chi connectivity index (χ3n) is 15.7. The summed E-state index contributed by atoms with van der Waals surface area (Å²) >= 11 is 0. The van der Waals surface area contributed by atoms with Crippen LogP contribution in [0, 0.1) is 5.92 Å². The largest absolute Gasteiger partial charge is 0.481 e. The highest BCUT2D eigenvalue weighted by Gasteiger charge is 2.46. The Hall–Kier alpha value is -7.84. The lowest BCUT2D eigenvalue weighted by molar-refractivity contribution is -0.152. The number of aromatic amines is 1. The number of carboxylic acids is 2. The number of hydrogen-bond acceptors (Lipinski definition) is 13. The fourth-order valence-electron chi connectivity index (χ4n) is 11.1. The second-order valence-corrected chi connectivity index (χ2v) is 21.2. The minimum atomic E-state index is -1.44. The van der Waals surface area contributed by atoms with Crippen molar-refractivity contribution in [1.82, 2.24) is 45.9 Å². The van der Waals surface area contributed by atoms with Gasteiger partial charge in [0.1, 0.15) is 48.3 Å². The van der Waals surface area contributed by atoms with Gasteiger partial charge in [0.15, 0.2) is 5.96 Å². The van der Waals surface area contributed by atoms with Gasteiger partial charge in [-0.2, -0.15) is 0 Å².